The summed E-state index contributed by atoms with van der Waals surface area (Å²) < 4.78 is 0.130. The highest BCUT2D eigenvalue weighted by Crippen LogP contribution is 2.33. The molecule has 0 saturated carbocycles. The Kier molecular flexibility index (Phi) is 4.05. The highest BCUT2D eigenvalue weighted by Gasteiger charge is 2.32. The molecule has 0 N–H and O–H groups in total. The van der Waals surface area contributed by atoms with E-state index in [9.17, 15) is 14.9 Å². The Morgan fingerprint density at radius 2 is 1.48 bits per heavy atom. The van der Waals surface area contributed by atoms with Gasteiger partial charge < -0.3 is 0 Å². The molecule has 2 aromatic carbocycles. The molecule has 0 radical (unpaired) electrons. The highest BCUT2D eigenvalue weighted by molar-refractivity contribution is 9.12. The first kappa shape index (κ1) is 15.1. The van der Waals surface area contributed by atoms with Gasteiger partial charge in [0.05, 0.1) is 21.7 Å². The number of nitrogens with zero attached hydrogens (tertiary/aromatic N) is 1. The molecule has 23 heavy (non-hydrogen) atoms. The topological polar surface area (TPSA) is 57.9 Å². The van der Waals surface area contributed by atoms with Gasteiger partial charge in [-0.3, -0.25) is 9.59 Å². The largest absolute Gasteiger partial charge is 0.288 e. The molecule has 3 nitrogen and oxygen atoms in total. The van der Waals surface area contributed by atoms with Crippen LogP contribution < -0.4 is 0 Å². The van der Waals surface area contributed by atoms with E-state index in [1.807, 2.05) is 36.4 Å². The van der Waals surface area contributed by atoms with Gasteiger partial charge in [0, 0.05) is 11.1 Å². The van der Waals surface area contributed by atoms with Crippen molar-refractivity contribution in [2.45, 2.75) is 0 Å². The third-order valence-corrected chi connectivity index (χ3v) is 4.32. The molecule has 1 aliphatic carbocycles. The summed E-state index contributed by atoms with van der Waals surface area (Å²) in [4.78, 5) is 25.2. The van der Waals surface area contributed by atoms with Crippen LogP contribution in [0.5, 0.6) is 0 Å². The highest BCUT2D eigenvalue weighted by atomic mass is 79.9. The van der Waals surface area contributed by atoms with E-state index in [1.54, 1.807) is 30.3 Å². The number of halogens is 1. The lowest BCUT2D eigenvalue weighted by Crippen LogP contribution is -2.20. The molecule has 1 aliphatic rings. The number of allylic oxidation sites excluding steroid dienone is 3. The summed E-state index contributed by atoms with van der Waals surface area (Å²) in [6.45, 7) is 0. The molecule has 0 bridgehead atoms. The summed E-state index contributed by atoms with van der Waals surface area (Å²) in [5.74, 6) is -0.611. The van der Waals surface area contributed by atoms with Crippen LogP contribution in [0, 0.1) is 11.3 Å². The standard InChI is InChI=1S/C19H10BrNO2/c20-17-16(13(11-21)10-12-6-2-1-3-7-12)18(22)14-8-4-5-9-15(14)19(17)23/h1-10H/b13-10+. The third kappa shape index (κ3) is 2.67. The van der Waals surface area contributed by atoms with E-state index in [2.05, 4.69) is 15.9 Å². The van der Waals surface area contributed by atoms with Crippen molar-refractivity contribution in [1.29, 1.82) is 5.26 Å². The smallest absolute Gasteiger partial charge is 0.201 e. The quantitative estimate of drug-likeness (QED) is 0.746. The number of nitriles is 1. The number of hydrogen-bond acceptors (Lipinski definition) is 3. The maximum absolute atomic E-state index is 12.7. The van der Waals surface area contributed by atoms with Gasteiger partial charge in [0.25, 0.3) is 0 Å². The second-order valence-corrected chi connectivity index (χ2v) is 5.77. The van der Waals surface area contributed by atoms with Crippen LogP contribution in [-0.2, 0) is 0 Å². The summed E-state index contributed by atoms with van der Waals surface area (Å²) in [6, 6.07) is 17.9. The Morgan fingerprint density at radius 3 is 2.09 bits per heavy atom. The van der Waals surface area contributed by atoms with E-state index in [0.29, 0.717) is 11.1 Å². The third-order valence-electron chi connectivity index (χ3n) is 3.56. The van der Waals surface area contributed by atoms with Crippen LogP contribution in [0.3, 0.4) is 0 Å². The molecule has 0 aromatic heterocycles. The maximum Gasteiger partial charge on any atom is 0.201 e. The average molecular weight is 364 g/mol. The second-order valence-electron chi connectivity index (χ2n) is 4.97. The van der Waals surface area contributed by atoms with E-state index in [1.165, 1.54) is 0 Å². The predicted molar refractivity (Wildman–Crippen MR) is 91.1 cm³/mol. The minimum Gasteiger partial charge on any atom is -0.288 e. The van der Waals surface area contributed by atoms with Crippen molar-refractivity contribution in [2.75, 3.05) is 0 Å². The lowest BCUT2D eigenvalue weighted by atomic mass is 9.86. The van der Waals surface area contributed by atoms with E-state index < -0.39 is 0 Å². The van der Waals surface area contributed by atoms with Gasteiger partial charge in [0.1, 0.15) is 0 Å². The fourth-order valence-corrected chi connectivity index (χ4v) is 3.07. The Bertz CT molecular complexity index is 918. The van der Waals surface area contributed by atoms with Crippen molar-refractivity contribution in [3.63, 3.8) is 0 Å². The SMILES string of the molecule is N#C/C(=C\c1ccccc1)C1=C(Br)C(=O)c2ccccc2C1=O. The zero-order chi connectivity index (χ0) is 16.4. The minimum atomic E-state index is -0.323. The van der Waals surface area contributed by atoms with Crippen molar-refractivity contribution in [2.24, 2.45) is 0 Å². The van der Waals surface area contributed by atoms with Crippen molar-refractivity contribution in [3.8, 4) is 6.07 Å². The van der Waals surface area contributed by atoms with Gasteiger partial charge in [0.2, 0.25) is 5.78 Å². The number of carbonyl (C=O) groups is 2. The molecule has 0 heterocycles. The molecular weight excluding hydrogens is 354 g/mol. The Labute approximate surface area is 141 Å². The molecule has 0 saturated heterocycles. The van der Waals surface area contributed by atoms with Crippen LogP contribution >= 0.6 is 15.9 Å². The van der Waals surface area contributed by atoms with E-state index >= 15 is 0 Å². The minimum absolute atomic E-state index is 0.111. The van der Waals surface area contributed by atoms with Crippen molar-refractivity contribution < 1.29 is 9.59 Å². The van der Waals surface area contributed by atoms with Gasteiger partial charge in [-0.15, -0.1) is 0 Å². The normalized spacial score (nSPS) is 14.5. The number of fused-ring (bicyclic) bond motifs is 1. The Morgan fingerprint density at radius 1 is 0.913 bits per heavy atom. The molecule has 0 spiro atoms. The van der Waals surface area contributed by atoms with Gasteiger partial charge in [-0.05, 0) is 27.6 Å². The number of rotatable bonds is 2. The molecular formula is C19H10BrNO2. The molecule has 0 unspecified atom stereocenters. The maximum atomic E-state index is 12.7. The van der Waals surface area contributed by atoms with Crippen LogP contribution in [0.25, 0.3) is 6.08 Å². The fraction of sp³-hybridized carbons (Fsp3) is 0. The van der Waals surface area contributed by atoms with E-state index in [0.717, 1.165) is 5.56 Å². The van der Waals surface area contributed by atoms with Gasteiger partial charge in [-0.2, -0.15) is 5.26 Å². The van der Waals surface area contributed by atoms with Crippen LogP contribution in [-0.4, -0.2) is 11.6 Å². The van der Waals surface area contributed by atoms with Gasteiger partial charge in [0.15, 0.2) is 5.78 Å². The monoisotopic (exact) mass is 363 g/mol. The first-order valence-corrected chi connectivity index (χ1v) is 7.68. The summed E-state index contributed by atoms with van der Waals surface area (Å²) in [6.07, 6.45) is 1.61. The van der Waals surface area contributed by atoms with Crippen molar-refractivity contribution in [3.05, 3.63) is 86.9 Å². The molecule has 4 heteroatoms. The predicted octanol–water partition coefficient (Wildman–Crippen LogP) is 4.32. The van der Waals surface area contributed by atoms with Crippen molar-refractivity contribution >= 4 is 33.6 Å². The summed E-state index contributed by atoms with van der Waals surface area (Å²) in [7, 11) is 0. The summed E-state index contributed by atoms with van der Waals surface area (Å²) >= 11 is 3.20. The Hall–Kier alpha value is -2.77. The summed E-state index contributed by atoms with van der Waals surface area (Å²) in [5.41, 5.74) is 1.74. The summed E-state index contributed by atoms with van der Waals surface area (Å²) in [5, 5.41) is 9.47. The fourth-order valence-electron chi connectivity index (χ4n) is 2.46. The van der Waals surface area contributed by atoms with Crippen molar-refractivity contribution in [1.82, 2.24) is 0 Å². The van der Waals surface area contributed by atoms with Gasteiger partial charge >= 0.3 is 0 Å². The first-order valence-electron chi connectivity index (χ1n) is 6.89. The van der Waals surface area contributed by atoms with Crippen LogP contribution in [0.2, 0.25) is 0 Å². The van der Waals surface area contributed by atoms with E-state index in [4.69, 9.17) is 0 Å². The lowest BCUT2D eigenvalue weighted by molar-refractivity contribution is 0.0984. The number of ketones is 2. The van der Waals surface area contributed by atoms with E-state index in [-0.39, 0.29) is 27.2 Å². The Balaban J connectivity index is 2.17. The van der Waals surface area contributed by atoms with Gasteiger partial charge in [-0.25, -0.2) is 0 Å². The molecule has 0 fully saturated rings. The molecule has 2 aromatic rings. The molecule has 0 amide bonds. The van der Waals surface area contributed by atoms with Crippen LogP contribution in [0.15, 0.2) is 70.2 Å². The molecule has 0 atom stereocenters. The lowest BCUT2D eigenvalue weighted by Gasteiger charge is -2.17. The molecule has 110 valence electrons. The molecule has 0 aliphatic heterocycles. The first-order chi connectivity index (χ1) is 11.1. The number of carbonyl (C=O) groups excluding carboxylic acids is 2. The molecule has 3 rings (SSSR count). The zero-order valence-electron chi connectivity index (χ0n) is 11.9. The van der Waals surface area contributed by atoms with Crippen LogP contribution in [0.1, 0.15) is 26.3 Å². The number of benzene rings is 2. The number of Topliss-reactive ketones (excluding diaryl/α,β-unsaturated/α-hetero) is 2. The average Bonchev–Trinajstić information content (AvgIpc) is 2.60. The second kappa shape index (κ2) is 6.15. The van der Waals surface area contributed by atoms with Crippen LogP contribution in [0.4, 0.5) is 0 Å². The number of hydrogen-bond donors (Lipinski definition) is 0. The van der Waals surface area contributed by atoms with Gasteiger partial charge in [-0.1, -0.05) is 54.6 Å². The zero-order valence-corrected chi connectivity index (χ0v) is 13.5.